The van der Waals surface area contributed by atoms with E-state index in [1.165, 1.54) is 19.3 Å². The second-order valence-corrected chi connectivity index (χ2v) is 4.99. The molecule has 0 unspecified atom stereocenters. The number of carbonyl (C=O) groups excluding carboxylic acids is 1. The number of aromatic nitrogens is 2. The zero-order chi connectivity index (χ0) is 13.7. The maximum absolute atomic E-state index is 11.7. The van der Waals surface area contributed by atoms with Gasteiger partial charge in [-0.3, -0.25) is 4.68 Å². The molecule has 106 valence electrons. The van der Waals surface area contributed by atoms with Crippen LogP contribution in [0.4, 0.5) is 0 Å². The second kappa shape index (κ2) is 6.70. The summed E-state index contributed by atoms with van der Waals surface area (Å²) in [4.78, 5) is 11.7. The highest BCUT2D eigenvalue weighted by atomic mass is 16.5. The van der Waals surface area contributed by atoms with Crippen LogP contribution in [0.25, 0.3) is 0 Å². The summed E-state index contributed by atoms with van der Waals surface area (Å²) in [5.74, 6) is 0.518. The van der Waals surface area contributed by atoms with Gasteiger partial charge in [-0.2, -0.15) is 5.10 Å². The summed E-state index contributed by atoms with van der Waals surface area (Å²) in [6.07, 6.45) is 6.70. The van der Waals surface area contributed by atoms with E-state index in [1.54, 1.807) is 17.8 Å². The van der Waals surface area contributed by atoms with Crippen LogP contribution >= 0.6 is 0 Å². The van der Waals surface area contributed by atoms with Crippen LogP contribution in [0.15, 0.2) is 6.20 Å². The molecule has 0 spiro atoms. The standard InChI is InChI=1S/C14H22N2O3/c1-3-19-14(17)12-9-15-16(2)13(12)10-18-8-7-11-5-4-6-11/h9,11H,3-8,10H2,1-2H3. The Morgan fingerprint density at radius 1 is 1.53 bits per heavy atom. The van der Waals surface area contributed by atoms with Gasteiger partial charge >= 0.3 is 5.97 Å². The lowest BCUT2D eigenvalue weighted by Gasteiger charge is -2.24. The summed E-state index contributed by atoms with van der Waals surface area (Å²) in [6.45, 7) is 3.33. The molecule has 1 aliphatic rings. The molecule has 5 nitrogen and oxygen atoms in total. The van der Waals surface area contributed by atoms with Crippen molar-refractivity contribution in [2.75, 3.05) is 13.2 Å². The van der Waals surface area contributed by atoms with E-state index in [2.05, 4.69) is 5.10 Å². The minimum absolute atomic E-state index is 0.326. The highest BCUT2D eigenvalue weighted by Gasteiger charge is 2.19. The number of nitrogens with zero attached hydrogens (tertiary/aromatic N) is 2. The first kappa shape index (κ1) is 14.1. The monoisotopic (exact) mass is 266 g/mol. The molecule has 0 saturated heterocycles. The minimum atomic E-state index is -0.326. The van der Waals surface area contributed by atoms with Crippen molar-refractivity contribution >= 4 is 5.97 Å². The number of hydrogen-bond acceptors (Lipinski definition) is 4. The Balaban J connectivity index is 1.83. The van der Waals surface area contributed by atoms with Gasteiger partial charge in [-0.15, -0.1) is 0 Å². The van der Waals surface area contributed by atoms with Gasteiger partial charge in [0.1, 0.15) is 5.56 Å². The maximum Gasteiger partial charge on any atom is 0.341 e. The molecule has 0 amide bonds. The Bertz CT molecular complexity index is 424. The number of aryl methyl sites for hydroxylation is 1. The molecule has 1 fully saturated rings. The van der Waals surface area contributed by atoms with Gasteiger partial charge in [0.05, 0.1) is 25.1 Å². The lowest BCUT2D eigenvalue weighted by Crippen LogP contribution is -2.14. The first-order valence-corrected chi connectivity index (χ1v) is 6.98. The SMILES string of the molecule is CCOC(=O)c1cnn(C)c1COCCC1CCC1. The highest BCUT2D eigenvalue weighted by molar-refractivity contribution is 5.90. The van der Waals surface area contributed by atoms with Gasteiger partial charge in [0.15, 0.2) is 0 Å². The molecule has 0 atom stereocenters. The van der Waals surface area contributed by atoms with Crippen molar-refractivity contribution < 1.29 is 14.3 Å². The van der Waals surface area contributed by atoms with Crippen molar-refractivity contribution in [1.82, 2.24) is 9.78 Å². The highest BCUT2D eigenvalue weighted by Crippen LogP contribution is 2.29. The van der Waals surface area contributed by atoms with E-state index in [-0.39, 0.29) is 5.97 Å². The molecule has 0 aliphatic heterocycles. The summed E-state index contributed by atoms with van der Waals surface area (Å²) in [5.41, 5.74) is 1.29. The van der Waals surface area contributed by atoms with Crippen LogP contribution in [0.3, 0.4) is 0 Å². The molecule has 1 aromatic rings. The quantitative estimate of drug-likeness (QED) is 0.561. The van der Waals surface area contributed by atoms with Crippen molar-refractivity contribution in [2.45, 2.75) is 39.2 Å². The first-order valence-electron chi connectivity index (χ1n) is 6.98. The van der Waals surface area contributed by atoms with Crippen molar-refractivity contribution in [3.8, 4) is 0 Å². The number of ether oxygens (including phenoxy) is 2. The molecule has 1 heterocycles. The van der Waals surface area contributed by atoms with Crippen molar-refractivity contribution in [3.63, 3.8) is 0 Å². The van der Waals surface area contributed by atoms with Gasteiger partial charge in [-0.1, -0.05) is 19.3 Å². The molecule has 1 saturated carbocycles. The zero-order valence-electron chi connectivity index (χ0n) is 11.7. The third-order valence-electron chi connectivity index (χ3n) is 3.69. The predicted molar refractivity (Wildman–Crippen MR) is 70.8 cm³/mol. The zero-order valence-corrected chi connectivity index (χ0v) is 11.7. The van der Waals surface area contributed by atoms with Crippen molar-refractivity contribution in [2.24, 2.45) is 13.0 Å². The lowest BCUT2D eigenvalue weighted by molar-refractivity contribution is 0.0514. The van der Waals surface area contributed by atoms with Crippen LogP contribution in [0.2, 0.25) is 0 Å². The molecule has 0 aromatic carbocycles. The summed E-state index contributed by atoms with van der Waals surface area (Å²) in [6, 6.07) is 0. The lowest BCUT2D eigenvalue weighted by atomic mass is 9.83. The molecule has 0 radical (unpaired) electrons. The van der Waals surface area contributed by atoms with E-state index >= 15 is 0 Å². The van der Waals surface area contributed by atoms with Crippen LogP contribution in [-0.4, -0.2) is 29.0 Å². The number of esters is 1. The predicted octanol–water partition coefficient (Wildman–Crippen LogP) is 2.30. The second-order valence-electron chi connectivity index (χ2n) is 4.99. The maximum atomic E-state index is 11.7. The van der Waals surface area contributed by atoms with Crippen molar-refractivity contribution in [1.29, 1.82) is 0 Å². The number of rotatable bonds is 7. The van der Waals surface area contributed by atoms with Gasteiger partial charge in [-0.25, -0.2) is 4.79 Å². The Hall–Kier alpha value is -1.36. The minimum Gasteiger partial charge on any atom is -0.462 e. The molecule has 0 bridgehead atoms. The Kier molecular flexibility index (Phi) is 4.96. The summed E-state index contributed by atoms with van der Waals surface area (Å²) < 4.78 is 12.3. The van der Waals surface area contributed by atoms with E-state index in [0.29, 0.717) is 18.8 Å². The van der Waals surface area contributed by atoms with Gasteiger partial charge in [0.25, 0.3) is 0 Å². The first-order chi connectivity index (χ1) is 9.22. The molecular formula is C14H22N2O3. The topological polar surface area (TPSA) is 53.3 Å². The molecule has 5 heteroatoms. The van der Waals surface area contributed by atoms with Crippen LogP contribution < -0.4 is 0 Å². The van der Waals surface area contributed by atoms with Gasteiger partial charge in [0, 0.05) is 13.7 Å². The fraction of sp³-hybridized carbons (Fsp3) is 0.714. The molecular weight excluding hydrogens is 244 g/mol. The Morgan fingerprint density at radius 3 is 2.95 bits per heavy atom. The van der Waals surface area contributed by atoms with Gasteiger partial charge < -0.3 is 9.47 Å². The third kappa shape index (κ3) is 3.56. The Labute approximate surface area is 113 Å². The van der Waals surface area contributed by atoms with E-state index in [9.17, 15) is 4.79 Å². The molecule has 0 N–H and O–H groups in total. The average molecular weight is 266 g/mol. The van der Waals surface area contributed by atoms with Crippen LogP contribution in [0.1, 0.15) is 48.7 Å². The van der Waals surface area contributed by atoms with E-state index in [4.69, 9.17) is 9.47 Å². The summed E-state index contributed by atoms with van der Waals surface area (Å²) in [7, 11) is 1.81. The molecule has 1 aromatic heterocycles. The summed E-state index contributed by atoms with van der Waals surface area (Å²) in [5, 5.41) is 4.10. The third-order valence-corrected chi connectivity index (χ3v) is 3.69. The largest absolute Gasteiger partial charge is 0.462 e. The smallest absolute Gasteiger partial charge is 0.341 e. The van der Waals surface area contributed by atoms with Gasteiger partial charge in [0.2, 0.25) is 0 Å². The number of hydrogen-bond donors (Lipinski definition) is 0. The summed E-state index contributed by atoms with van der Waals surface area (Å²) >= 11 is 0. The van der Waals surface area contributed by atoms with Crippen molar-refractivity contribution in [3.05, 3.63) is 17.5 Å². The fourth-order valence-corrected chi connectivity index (χ4v) is 2.21. The average Bonchev–Trinajstić information content (AvgIpc) is 2.69. The van der Waals surface area contributed by atoms with E-state index < -0.39 is 0 Å². The Morgan fingerprint density at radius 2 is 2.32 bits per heavy atom. The van der Waals surface area contributed by atoms with E-state index in [1.807, 2.05) is 7.05 Å². The number of carbonyl (C=O) groups is 1. The normalized spacial score (nSPS) is 15.3. The molecule has 1 aliphatic carbocycles. The van der Waals surface area contributed by atoms with E-state index in [0.717, 1.165) is 24.6 Å². The molecule has 2 rings (SSSR count). The van der Waals surface area contributed by atoms with Crippen LogP contribution in [0, 0.1) is 5.92 Å². The van der Waals surface area contributed by atoms with Crippen LogP contribution in [0.5, 0.6) is 0 Å². The van der Waals surface area contributed by atoms with Crippen LogP contribution in [-0.2, 0) is 23.1 Å². The van der Waals surface area contributed by atoms with Gasteiger partial charge in [-0.05, 0) is 19.3 Å². The molecule has 19 heavy (non-hydrogen) atoms. The fourth-order valence-electron chi connectivity index (χ4n) is 2.21.